The Hall–Kier alpha value is -0.850. The maximum atomic E-state index is 4.64. The van der Waals surface area contributed by atoms with Crippen molar-refractivity contribution in [1.82, 2.24) is 4.98 Å². The summed E-state index contributed by atoms with van der Waals surface area (Å²) >= 11 is 0. The van der Waals surface area contributed by atoms with Gasteiger partial charge in [0.25, 0.3) is 0 Å². The average molecular weight is 191 g/mol. The summed E-state index contributed by atoms with van der Waals surface area (Å²) in [7, 11) is 0. The van der Waals surface area contributed by atoms with E-state index in [1.54, 1.807) is 0 Å². The lowest BCUT2D eigenvalue weighted by Gasteiger charge is -2.10. The van der Waals surface area contributed by atoms with Crippen molar-refractivity contribution in [3.05, 3.63) is 29.6 Å². The Labute approximate surface area is 87.6 Å². The molecule has 0 unspecified atom stereocenters. The first-order valence-corrected chi connectivity index (χ1v) is 5.73. The molecule has 0 spiro atoms. The van der Waals surface area contributed by atoms with E-state index in [0.29, 0.717) is 5.92 Å². The van der Waals surface area contributed by atoms with E-state index in [1.807, 2.05) is 0 Å². The quantitative estimate of drug-likeness (QED) is 0.687. The Balaban J connectivity index is 2.64. The van der Waals surface area contributed by atoms with Crippen LogP contribution in [-0.4, -0.2) is 4.98 Å². The number of hydrogen-bond donors (Lipinski definition) is 0. The molecule has 1 nitrogen and oxygen atoms in total. The van der Waals surface area contributed by atoms with Crippen molar-refractivity contribution in [2.24, 2.45) is 0 Å². The molecule has 0 amide bonds. The second-order valence-corrected chi connectivity index (χ2v) is 3.95. The zero-order chi connectivity index (χ0) is 10.4. The van der Waals surface area contributed by atoms with Crippen LogP contribution in [0.1, 0.15) is 57.3 Å². The highest BCUT2D eigenvalue weighted by atomic mass is 14.7. The second-order valence-electron chi connectivity index (χ2n) is 3.95. The van der Waals surface area contributed by atoms with Gasteiger partial charge in [0.05, 0.1) is 0 Å². The summed E-state index contributed by atoms with van der Waals surface area (Å²) in [4.78, 5) is 4.64. The van der Waals surface area contributed by atoms with E-state index in [9.17, 15) is 0 Å². The van der Waals surface area contributed by atoms with Crippen LogP contribution in [0.5, 0.6) is 0 Å². The fourth-order valence-corrected chi connectivity index (χ4v) is 1.63. The van der Waals surface area contributed by atoms with Gasteiger partial charge in [-0.05, 0) is 30.9 Å². The SMILES string of the molecule is CCCC[C@@H](C)c1cccc(CC)n1. The van der Waals surface area contributed by atoms with Gasteiger partial charge in [-0.1, -0.05) is 39.7 Å². The van der Waals surface area contributed by atoms with Crippen molar-refractivity contribution in [1.29, 1.82) is 0 Å². The Morgan fingerprint density at radius 2 is 2.07 bits per heavy atom. The van der Waals surface area contributed by atoms with E-state index >= 15 is 0 Å². The zero-order valence-electron chi connectivity index (χ0n) is 9.59. The van der Waals surface area contributed by atoms with Gasteiger partial charge in [-0.3, -0.25) is 4.98 Å². The van der Waals surface area contributed by atoms with Gasteiger partial charge < -0.3 is 0 Å². The highest BCUT2D eigenvalue weighted by Crippen LogP contribution is 2.19. The molecule has 1 heteroatoms. The number of nitrogens with zero attached hydrogens (tertiary/aromatic N) is 1. The summed E-state index contributed by atoms with van der Waals surface area (Å²) in [5.74, 6) is 0.612. The fourth-order valence-electron chi connectivity index (χ4n) is 1.63. The van der Waals surface area contributed by atoms with Gasteiger partial charge in [-0.25, -0.2) is 0 Å². The van der Waals surface area contributed by atoms with Crippen LogP contribution in [0.3, 0.4) is 0 Å². The largest absolute Gasteiger partial charge is 0.258 e. The number of unbranched alkanes of at least 4 members (excludes halogenated alkanes) is 1. The predicted octanol–water partition coefficient (Wildman–Crippen LogP) is 3.94. The van der Waals surface area contributed by atoms with Crippen LogP contribution in [0.2, 0.25) is 0 Å². The number of aryl methyl sites for hydroxylation is 1. The average Bonchev–Trinajstić information content (AvgIpc) is 2.26. The van der Waals surface area contributed by atoms with Crippen LogP contribution in [0.25, 0.3) is 0 Å². The van der Waals surface area contributed by atoms with Crippen molar-refractivity contribution in [3.8, 4) is 0 Å². The topological polar surface area (TPSA) is 12.9 Å². The molecular formula is C13H21N. The molecule has 14 heavy (non-hydrogen) atoms. The molecule has 0 aliphatic carbocycles. The van der Waals surface area contributed by atoms with Gasteiger partial charge in [-0.15, -0.1) is 0 Å². The summed E-state index contributed by atoms with van der Waals surface area (Å²) in [6, 6.07) is 6.39. The summed E-state index contributed by atoms with van der Waals surface area (Å²) in [5.41, 5.74) is 2.48. The molecule has 1 atom stereocenters. The lowest BCUT2D eigenvalue weighted by molar-refractivity contribution is 0.609. The monoisotopic (exact) mass is 191 g/mol. The molecule has 0 saturated heterocycles. The van der Waals surface area contributed by atoms with Crippen molar-refractivity contribution in [2.75, 3.05) is 0 Å². The molecule has 0 fully saturated rings. The Morgan fingerprint density at radius 3 is 2.71 bits per heavy atom. The summed E-state index contributed by atoms with van der Waals surface area (Å²) in [5, 5.41) is 0. The standard InChI is InChI=1S/C13H21N/c1-4-6-8-11(3)13-10-7-9-12(5-2)14-13/h7,9-11H,4-6,8H2,1-3H3/t11-/m1/s1. The van der Waals surface area contributed by atoms with Crippen molar-refractivity contribution >= 4 is 0 Å². The molecule has 0 aliphatic rings. The molecular weight excluding hydrogens is 170 g/mol. The van der Waals surface area contributed by atoms with Crippen LogP contribution in [0.4, 0.5) is 0 Å². The summed E-state index contributed by atoms with van der Waals surface area (Å²) in [6.07, 6.45) is 4.88. The lowest BCUT2D eigenvalue weighted by Crippen LogP contribution is -1.99. The summed E-state index contributed by atoms with van der Waals surface area (Å²) < 4.78 is 0. The van der Waals surface area contributed by atoms with Crippen molar-refractivity contribution in [3.63, 3.8) is 0 Å². The van der Waals surface area contributed by atoms with Gasteiger partial charge in [0.15, 0.2) is 0 Å². The molecule has 0 aromatic carbocycles. The molecule has 0 radical (unpaired) electrons. The van der Waals surface area contributed by atoms with Crippen LogP contribution in [-0.2, 0) is 6.42 Å². The van der Waals surface area contributed by atoms with E-state index in [2.05, 4.69) is 44.0 Å². The first-order valence-electron chi connectivity index (χ1n) is 5.73. The van der Waals surface area contributed by atoms with Crippen LogP contribution < -0.4 is 0 Å². The van der Waals surface area contributed by atoms with Gasteiger partial charge in [0, 0.05) is 11.4 Å². The highest BCUT2D eigenvalue weighted by molar-refractivity contribution is 5.14. The Bertz CT molecular complexity index is 268. The molecule has 1 aromatic rings. The highest BCUT2D eigenvalue weighted by Gasteiger charge is 2.06. The molecule has 78 valence electrons. The van der Waals surface area contributed by atoms with E-state index in [0.717, 1.165) is 6.42 Å². The van der Waals surface area contributed by atoms with Crippen molar-refractivity contribution in [2.45, 2.75) is 52.4 Å². The molecule has 1 aromatic heterocycles. The van der Waals surface area contributed by atoms with Crippen LogP contribution >= 0.6 is 0 Å². The normalized spacial score (nSPS) is 12.8. The Morgan fingerprint density at radius 1 is 1.29 bits per heavy atom. The van der Waals surface area contributed by atoms with Crippen LogP contribution in [0, 0.1) is 0 Å². The third kappa shape index (κ3) is 3.13. The number of rotatable bonds is 5. The molecule has 0 bridgehead atoms. The number of aromatic nitrogens is 1. The molecule has 1 rings (SSSR count). The van der Waals surface area contributed by atoms with Crippen LogP contribution in [0.15, 0.2) is 18.2 Å². The maximum absolute atomic E-state index is 4.64. The van der Waals surface area contributed by atoms with Gasteiger partial charge >= 0.3 is 0 Å². The summed E-state index contributed by atoms with van der Waals surface area (Å²) in [6.45, 7) is 6.67. The minimum Gasteiger partial charge on any atom is -0.258 e. The minimum absolute atomic E-state index is 0.612. The van der Waals surface area contributed by atoms with E-state index in [1.165, 1.54) is 30.7 Å². The predicted molar refractivity (Wildman–Crippen MR) is 61.6 cm³/mol. The van der Waals surface area contributed by atoms with E-state index in [-0.39, 0.29) is 0 Å². The van der Waals surface area contributed by atoms with Gasteiger partial charge in [-0.2, -0.15) is 0 Å². The number of pyridine rings is 1. The number of hydrogen-bond acceptors (Lipinski definition) is 1. The minimum atomic E-state index is 0.612. The third-order valence-corrected chi connectivity index (χ3v) is 2.69. The zero-order valence-corrected chi connectivity index (χ0v) is 9.59. The molecule has 0 N–H and O–H groups in total. The second kappa shape index (κ2) is 5.79. The smallest absolute Gasteiger partial charge is 0.0435 e. The van der Waals surface area contributed by atoms with E-state index < -0.39 is 0 Å². The third-order valence-electron chi connectivity index (χ3n) is 2.69. The fraction of sp³-hybridized carbons (Fsp3) is 0.615. The molecule has 0 aliphatic heterocycles. The first-order chi connectivity index (χ1) is 6.77. The van der Waals surface area contributed by atoms with Crippen molar-refractivity contribution < 1.29 is 0 Å². The maximum Gasteiger partial charge on any atom is 0.0435 e. The lowest BCUT2D eigenvalue weighted by atomic mass is 10.00. The van der Waals surface area contributed by atoms with E-state index in [4.69, 9.17) is 0 Å². The first kappa shape index (κ1) is 11.2. The Kier molecular flexibility index (Phi) is 4.64. The van der Waals surface area contributed by atoms with Gasteiger partial charge in [0.1, 0.15) is 0 Å². The molecule has 0 saturated carbocycles. The van der Waals surface area contributed by atoms with Gasteiger partial charge in [0.2, 0.25) is 0 Å². The molecule has 1 heterocycles.